The summed E-state index contributed by atoms with van der Waals surface area (Å²) in [7, 11) is -8.30. The largest absolute Gasteiger partial charge is 0.379 e. The van der Waals surface area contributed by atoms with Gasteiger partial charge in [-0.25, -0.2) is 20.8 Å². The molecule has 0 aliphatic carbocycles. The second-order valence-corrected chi connectivity index (χ2v) is 15.0. The normalized spacial score (nSPS) is 18.0. The molecule has 1 atom stereocenters. The number of aliphatic hydroxyl groups is 1. The van der Waals surface area contributed by atoms with Crippen LogP contribution in [0.2, 0.25) is 0 Å². The van der Waals surface area contributed by atoms with Crippen molar-refractivity contribution in [3.63, 3.8) is 0 Å². The van der Waals surface area contributed by atoms with Gasteiger partial charge in [-0.3, -0.25) is 0 Å². The van der Waals surface area contributed by atoms with Gasteiger partial charge in [-0.1, -0.05) is 81.7 Å². The zero-order valence-electron chi connectivity index (χ0n) is 22.3. The first-order chi connectivity index (χ1) is 19.4. The number of nitrogens with zero attached hydrogens (tertiary/aromatic N) is 2. The number of para-hydroxylation sites is 1. The zero-order valence-corrected chi connectivity index (χ0v) is 25.5. The third kappa shape index (κ3) is 4.54. The number of sulfonamides is 1. The molecule has 1 aliphatic rings. The molecule has 0 saturated carbocycles. The maximum atomic E-state index is 14.3. The fourth-order valence-electron chi connectivity index (χ4n) is 5.51. The zero-order chi connectivity index (χ0) is 29.2. The molecule has 210 valence electrons. The van der Waals surface area contributed by atoms with Crippen LogP contribution in [-0.2, 0) is 32.2 Å². The first-order valence-electron chi connectivity index (χ1n) is 12.9. The Balaban J connectivity index is 1.66. The molecule has 7 nitrogen and oxygen atoms in total. The van der Waals surface area contributed by atoms with Gasteiger partial charge in [0.2, 0.25) is 10.0 Å². The van der Waals surface area contributed by atoms with E-state index in [1.807, 2.05) is 13.8 Å². The van der Waals surface area contributed by atoms with Crippen LogP contribution >= 0.6 is 15.9 Å². The highest BCUT2D eigenvalue weighted by atomic mass is 79.9. The van der Waals surface area contributed by atoms with Gasteiger partial charge in [0.1, 0.15) is 5.60 Å². The Hall–Kier alpha value is -3.28. The number of β-amino-alcohol motifs (C(OH)–C–C–N with tert-alkyl or cyclic N) is 1. The van der Waals surface area contributed by atoms with Crippen molar-refractivity contribution >= 4 is 46.9 Å². The number of halogens is 1. The summed E-state index contributed by atoms with van der Waals surface area (Å²) in [4.78, 5) is 0.131. The summed E-state index contributed by atoms with van der Waals surface area (Å²) in [5.41, 5.74) is 1.34. The van der Waals surface area contributed by atoms with Gasteiger partial charge in [-0.2, -0.15) is 4.31 Å². The maximum absolute atomic E-state index is 14.3. The molecule has 0 unspecified atom stereocenters. The molecule has 1 N–H and O–H groups in total. The van der Waals surface area contributed by atoms with Gasteiger partial charge in [-0.15, -0.1) is 0 Å². The van der Waals surface area contributed by atoms with Crippen LogP contribution in [0, 0.1) is 13.8 Å². The van der Waals surface area contributed by atoms with Crippen LogP contribution < -0.4 is 0 Å². The lowest BCUT2D eigenvalue weighted by molar-refractivity contribution is 0.0465. The third-order valence-corrected chi connectivity index (χ3v) is 11.7. The molecule has 0 fully saturated rings. The summed E-state index contributed by atoms with van der Waals surface area (Å²) in [5, 5.41) is 13.1. The van der Waals surface area contributed by atoms with Crippen LogP contribution in [0.3, 0.4) is 0 Å². The standard InChI is InChI=1S/C31H27BrN2O5S2/c1-21-7-15-25(16-8-21)40(36,37)33-19-29-30(31(35,20-33)23-11-13-24(32)14-12-23)27-5-3-4-6-28(27)34(29)41(38,39)26-17-9-22(2)10-18-26/h3-18,35H,19-20H2,1-2H3/t31-/m1/s1. The highest BCUT2D eigenvalue weighted by Crippen LogP contribution is 2.45. The quantitative estimate of drug-likeness (QED) is 0.263. The molecule has 0 radical (unpaired) electrons. The van der Waals surface area contributed by atoms with E-state index in [9.17, 15) is 21.9 Å². The van der Waals surface area contributed by atoms with Crippen molar-refractivity contribution < 1.29 is 21.9 Å². The number of aryl methyl sites for hydroxylation is 2. The van der Waals surface area contributed by atoms with Gasteiger partial charge < -0.3 is 5.11 Å². The van der Waals surface area contributed by atoms with Gasteiger partial charge in [0.25, 0.3) is 10.0 Å². The summed E-state index contributed by atoms with van der Waals surface area (Å²) in [6.07, 6.45) is 0. The molecule has 6 rings (SSSR count). The summed E-state index contributed by atoms with van der Waals surface area (Å²) in [6, 6.07) is 26.9. The van der Waals surface area contributed by atoms with Gasteiger partial charge in [0.05, 0.1) is 34.1 Å². The summed E-state index contributed by atoms with van der Waals surface area (Å²) >= 11 is 3.43. The van der Waals surface area contributed by atoms with E-state index < -0.39 is 25.6 Å². The second-order valence-electron chi connectivity index (χ2n) is 10.4. The number of rotatable bonds is 5. The SMILES string of the molecule is Cc1ccc(S(=O)(=O)N2Cc3c(c4ccccc4n3S(=O)(=O)c3ccc(C)cc3)[C@](O)(c3ccc(Br)cc3)C2)cc1. The molecular formula is C31H27BrN2O5S2. The van der Waals surface area contributed by atoms with Crippen molar-refractivity contribution in [1.29, 1.82) is 0 Å². The van der Waals surface area contributed by atoms with E-state index in [1.165, 1.54) is 32.5 Å². The molecule has 2 heterocycles. The average molecular weight is 652 g/mol. The van der Waals surface area contributed by atoms with Gasteiger partial charge in [-0.05, 0) is 61.9 Å². The lowest BCUT2D eigenvalue weighted by atomic mass is 9.82. The minimum Gasteiger partial charge on any atom is -0.379 e. The summed E-state index contributed by atoms with van der Waals surface area (Å²) in [5.74, 6) is 0. The number of hydrogen-bond donors (Lipinski definition) is 1. The second kappa shape index (κ2) is 9.92. The molecule has 1 aliphatic heterocycles. The molecule has 4 aromatic carbocycles. The average Bonchev–Trinajstić information content (AvgIpc) is 3.30. The Labute approximate surface area is 247 Å². The molecule has 41 heavy (non-hydrogen) atoms. The molecule has 0 saturated heterocycles. The minimum atomic E-state index is -4.18. The van der Waals surface area contributed by atoms with Gasteiger partial charge in [0.15, 0.2) is 0 Å². The summed E-state index contributed by atoms with van der Waals surface area (Å²) in [6.45, 7) is 3.19. The molecular weight excluding hydrogens is 624 g/mol. The Morgan fingerprint density at radius 2 is 1.27 bits per heavy atom. The predicted molar refractivity (Wildman–Crippen MR) is 162 cm³/mol. The third-order valence-electron chi connectivity index (χ3n) is 7.61. The van der Waals surface area contributed by atoms with Crippen LogP contribution in [-0.4, -0.2) is 36.8 Å². The first kappa shape index (κ1) is 27.9. The molecule has 0 bridgehead atoms. The lowest BCUT2D eigenvalue weighted by Gasteiger charge is -2.39. The smallest absolute Gasteiger partial charge is 0.268 e. The Morgan fingerprint density at radius 1 is 0.732 bits per heavy atom. The Morgan fingerprint density at radius 3 is 1.85 bits per heavy atom. The van der Waals surface area contributed by atoms with E-state index in [1.54, 1.807) is 72.8 Å². The van der Waals surface area contributed by atoms with E-state index in [4.69, 9.17) is 0 Å². The van der Waals surface area contributed by atoms with Crippen molar-refractivity contribution in [2.24, 2.45) is 0 Å². The van der Waals surface area contributed by atoms with Crippen molar-refractivity contribution in [3.05, 3.63) is 129 Å². The summed E-state index contributed by atoms with van der Waals surface area (Å²) < 4.78 is 59.7. The van der Waals surface area contributed by atoms with Crippen molar-refractivity contribution in [2.75, 3.05) is 6.54 Å². The topological polar surface area (TPSA) is 96.7 Å². The van der Waals surface area contributed by atoms with Crippen LogP contribution in [0.1, 0.15) is 27.9 Å². The van der Waals surface area contributed by atoms with Crippen LogP contribution in [0.5, 0.6) is 0 Å². The number of hydrogen-bond acceptors (Lipinski definition) is 5. The van der Waals surface area contributed by atoms with Crippen molar-refractivity contribution in [2.45, 2.75) is 35.8 Å². The number of benzene rings is 4. The fraction of sp³-hybridized carbons (Fsp3) is 0.161. The van der Waals surface area contributed by atoms with E-state index in [2.05, 4.69) is 15.9 Å². The highest BCUT2D eigenvalue weighted by Gasteiger charge is 2.48. The minimum absolute atomic E-state index is 0.0637. The van der Waals surface area contributed by atoms with E-state index in [-0.39, 0.29) is 28.6 Å². The highest BCUT2D eigenvalue weighted by molar-refractivity contribution is 9.10. The van der Waals surface area contributed by atoms with Crippen LogP contribution in [0.15, 0.2) is 111 Å². The number of fused-ring (bicyclic) bond motifs is 3. The van der Waals surface area contributed by atoms with E-state index >= 15 is 0 Å². The predicted octanol–water partition coefficient (Wildman–Crippen LogP) is 5.70. The van der Waals surface area contributed by atoms with Crippen molar-refractivity contribution in [3.8, 4) is 0 Å². The molecule has 0 spiro atoms. The monoisotopic (exact) mass is 650 g/mol. The molecule has 5 aromatic rings. The molecule has 0 amide bonds. The Kier molecular flexibility index (Phi) is 6.74. The number of aromatic nitrogens is 1. The van der Waals surface area contributed by atoms with Crippen LogP contribution in [0.4, 0.5) is 0 Å². The lowest BCUT2D eigenvalue weighted by Crippen LogP contribution is -2.49. The van der Waals surface area contributed by atoms with Crippen LogP contribution in [0.25, 0.3) is 10.9 Å². The van der Waals surface area contributed by atoms with E-state index in [0.29, 0.717) is 22.0 Å². The maximum Gasteiger partial charge on any atom is 0.268 e. The molecule has 1 aromatic heterocycles. The molecule has 10 heteroatoms. The fourth-order valence-corrected chi connectivity index (χ4v) is 8.75. The first-order valence-corrected chi connectivity index (χ1v) is 16.6. The van der Waals surface area contributed by atoms with Gasteiger partial charge in [0, 0.05) is 15.4 Å². The van der Waals surface area contributed by atoms with Gasteiger partial charge >= 0.3 is 0 Å². The van der Waals surface area contributed by atoms with E-state index in [0.717, 1.165) is 15.6 Å². The van der Waals surface area contributed by atoms with Crippen molar-refractivity contribution in [1.82, 2.24) is 8.28 Å². The Bertz CT molecular complexity index is 2000.